The molecule has 4 aromatic heterocycles. The molecule has 0 bridgehead atoms. The van der Waals surface area contributed by atoms with Gasteiger partial charge in [0.1, 0.15) is 17.9 Å². The lowest BCUT2D eigenvalue weighted by Gasteiger charge is -2.15. The number of hydrogen-bond acceptors (Lipinski definition) is 1. The highest BCUT2D eigenvalue weighted by Gasteiger charge is 2.26. The molecule has 5 heteroatoms. The van der Waals surface area contributed by atoms with E-state index in [1.54, 1.807) is 0 Å². The predicted molar refractivity (Wildman–Crippen MR) is 97.4 cm³/mol. The minimum absolute atomic E-state index is 0.0361. The topological polar surface area (TPSA) is 29.5 Å². The summed E-state index contributed by atoms with van der Waals surface area (Å²) in [4.78, 5) is 0. The molecule has 0 aromatic carbocycles. The van der Waals surface area contributed by atoms with E-state index in [9.17, 15) is 0 Å². The molecule has 5 nitrogen and oxygen atoms in total. The van der Waals surface area contributed by atoms with Crippen molar-refractivity contribution >= 4 is 11.3 Å². The molecule has 0 radical (unpaired) electrons. The Labute approximate surface area is 147 Å². The number of rotatable bonds is 2. The largest absolute Gasteiger partial charge is 0.307 e. The van der Waals surface area contributed by atoms with Crippen molar-refractivity contribution in [3.8, 4) is 11.3 Å². The van der Waals surface area contributed by atoms with Crippen LogP contribution in [0, 0.1) is 0 Å². The lowest BCUT2D eigenvalue weighted by atomic mass is 10.1. The molecule has 4 aromatic rings. The molecule has 0 aliphatic heterocycles. The van der Waals surface area contributed by atoms with E-state index in [1.807, 2.05) is 16.8 Å². The van der Waals surface area contributed by atoms with Gasteiger partial charge >= 0.3 is 5.65 Å². The number of nitrogens with zero attached hydrogens (tertiary/aromatic N) is 5. The summed E-state index contributed by atoms with van der Waals surface area (Å²) in [5, 5.41) is 4.46. The Morgan fingerprint density at radius 1 is 1.08 bits per heavy atom. The Hall–Kier alpha value is -2.69. The SMILES string of the molecule is CC(C)[n+]1c(-c2ccn3cc[n+](C(C)(C)C)c3c2)cn2ncccc21. The van der Waals surface area contributed by atoms with Crippen LogP contribution in [0.3, 0.4) is 0 Å². The van der Waals surface area contributed by atoms with Gasteiger partial charge in [0.25, 0.3) is 5.65 Å². The second-order valence-corrected chi connectivity index (χ2v) is 7.82. The summed E-state index contributed by atoms with van der Waals surface area (Å²) in [6, 6.07) is 8.89. The van der Waals surface area contributed by atoms with E-state index in [1.165, 1.54) is 16.9 Å². The van der Waals surface area contributed by atoms with E-state index < -0.39 is 0 Å². The van der Waals surface area contributed by atoms with E-state index in [0.717, 1.165) is 5.65 Å². The van der Waals surface area contributed by atoms with Crippen LogP contribution in [0.1, 0.15) is 40.7 Å². The van der Waals surface area contributed by atoms with Crippen LogP contribution in [0.5, 0.6) is 0 Å². The van der Waals surface area contributed by atoms with Crippen molar-refractivity contribution < 1.29 is 9.13 Å². The zero-order valence-electron chi connectivity index (χ0n) is 15.5. The summed E-state index contributed by atoms with van der Waals surface area (Å²) < 4.78 is 8.77. The normalized spacial score (nSPS) is 12.6. The standard InChI is InChI=1S/C20H25N5/c1-15(2)25-17(14-24-18(25)7-6-9-21-24)16-8-10-22-11-12-23(19(22)13-16)20(3,4)5/h6-15H,1-5H3/q+2. The molecular weight excluding hydrogens is 310 g/mol. The van der Waals surface area contributed by atoms with Gasteiger partial charge in [-0.05, 0) is 46.8 Å². The van der Waals surface area contributed by atoms with Crippen LogP contribution < -0.4 is 9.13 Å². The van der Waals surface area contributed by atoms with Gasteiger partial charge in [0.15, 0.2) is 11.9 Å². The van der Waals surface area contributed by atoms with E-state index in [4.69, 9.17) is 0 Å². The van der Waals surface area contributed by atoms with Gasteiger partial charge in [0.05, 0.1) is 18.4 Å². The third-order valence-electron chi connectivity index (χ3n) is 4.63. The molecule has 128 valence electrons. The Morgan fingerprint density at radius 2 is 1.88 bits per heavy atom. The van der Waals surface area contributed by atoms with Gasteiger partial charge in [0.2, 0.25) is 0 Å². The highest BCUT2D eigenvalue weighted by Crippen LogP contribution is 2.21. The lowest BCUT2D eigenvalue weighted by molar-refractivity contribution is -0.730. The molecule has 0 saturated heterocycles. The van der Waals surface area contributed by atoms with E-state index in [0.29, 0.717) is 6.04 Å². The van der Waals surface area contributed by atoms with Crippen molar-refractivity contribution in [2.24, 2.45) is 0 Å². The van der Waals surface area contributed by atoms with Crippen LogP contribution in [0.15, 0.2) is 55.2 Å². The smallest absolute Gasteiger partial charge is 0.226 e. The quantitative estimate of drug-likeness (QED) is 0.517. The Bertz CT molecular complexity index is 1060. The van der Waals surface area contributed by atoms with Gasteiger partial charge in [0, 0.05) is 17.7 Å². The summed E-state index contributed by atoms with van der Waals surface area (Å²) in [5.41, 5.74) is 4.70. The maximum atomic E-state index is 4.46. The third-order valence-corrected chi connectivity index (χ3v) is 4.63. The van der Waals surface area contributed by atoms with Crippen molar-refractivity contribution in [1.82, 2.24) is 14.0 Å². The van der Waals surface area contributed by atoms with Gasteiger partial charge in [-0.2, -0.15) is 0 Å². The second kappa shape index (κ2) is 5.41. The first-order valence-corrected chi connectivity index (χ1v) is 8.77. The zero-order valence-corrected chi connectivity index (χ0v) is 15.5. The summed E-state index contributed by atoms with van der Waals surface area (Å²) in [6.45, 7) is 11.1. The van der Waals surface area contributed by atoms with Crippen LogP contribution in [-0.2, 0) is 5.54 Å². The van der Waals surface area contributed by atoms with Gasteiger partial charge in [-0.25, -0.2) is 13.5 Å². The van der Waals surface area contributed by atoms with Crippen molar-refractivity contribution in [2.45, 2.75) is 46.2 Å². The number of imidazole rings is 2. The molecule has 0 N–H and O–H groups in total. The zero-order chi connectivity index (χ0) is 17.8. The van der Waals surface area contributed by atoms with E-state index in [2.05, 4.69) is 96.2 Å². The molecule has 0 atom stereocenters. The summed E-state index contributed by atoms with van der Waals surface area (Å²) in [6.07, 6.45) is 10.3. The molecule has 0 fully saturated rings. The first kappa shape index (κ1) is 15.8. The Morgan fingerprint density at radius 3 is 2.60 bits per heavy atom. The molecule has 0 unspecified atom stereocenters. The van der Waals surface area contributed by atoms with Crippen LogP contribution in [0.25, 0.3) is 22.6 Å². The minimum Gasteiger partial charge on any atom is -0.226 e. The average molecular weight is 335 g/mol. The molecule has 0 amide bonds. The molecule has 4 rings (SSSR count). The first-order chi connectivity index (χ1) is 11.9. The first-order valence-electron chi connectivity index (χ1n) is 8.77. The van der Waals surface area contributed by atoms with Gasteiger partial charge < -0.3 is 0 Å². The second-order valence-electron chi connectivity index (χ2n) is 7.82. The fourth-order valence-corrected chi connectivity index (χ4v) is 3.48. The maximum Gasteiger partial charge on any atom is 0.307 e. The van der Waals surface area contributed by atoms with Crippen molar-refractivity contribution in [3.63, 3.8) is 0 Å². The van der Waals surface area contributed by atoms with Gasteiger partial charge in [-0.3, -0.25) is 0 Å². The van der Waals surface area contributed by atoms with Crippen LogP contribution in [0.4, 0.5) is 0 Å². The van der Waals surface area contributed by atoms with E-state index >= 15 is 0 Å². The highest BCUT2D eigenvalue weighted by molar-refractivity contribution is 5.61. The van der Waals surface area contributed by atoms with Gasteiger partial charge in [-0.15, -0.1) is 4.52 Å². The Balaban J connectivity index is 1.99. The minimum atomic E-state index is 0.0361. The van der Waals surface area contributed by atoms with Crippen molar-refractivity contribution in [3.05, 3.63) is 55.2 Å². The molecule has 25 heavy (non-hydrogen) atoms. The average Bonchev–Trinajstić information content (AvgIpc) is 3.15. The molecule has 0 aliphatic carbocycles. The van der Waals surface area contributed by atoms with Crippen molar-refractivity contribution in [1.29, 1.82) is 0 Å². The number of fused-ring (bicyclic) bond motifs is 2. The number of aromatic nitrogens is 5. The Kier molecular flexibility index (Phi) is 3.42. The third kappa shape index (κ3) is 2.51. The van der Waals surface area contributed by atoms with Crippen LogP contribution in [-0.4, -0.2) is 14.0 Å². The number of hydrogen-bond donors (Lipinski definition) is 0. The number of pyridine rings is 1. The van der Waals surface area contributed by atoms with E-state index in [-0.39, 0.29) is 5.54 Å². The molecule has 0 saturated carbocycles. The molecular formula is C20H25N5+2. The summed E-state index contributed by atoms with van der Waals surface area (Å²) in [7, 11) is 0. The van der Waals surface area contributed by atoms with Crippen LogP contribution in [0.2, 0.25) is 0 Å². The molecule has 4 heterocycles. The lowest BCUT2D eigenvalue weighted by Crippen LogP contribution is -2.49. The monoisotopic (exact) mass is 335 g/mol. The predicted octanol–water partition coefficient (Wildman–Crippen LogP) is 3.16. The summed E-state index contributed by atoms with van der Waals surface area (Å²) >= 11 is 0. The fourth-order valence-electron chi connectivity index (χ4n) is 3.48. The van der Waals surface area contributed by atoms with Crippen LogP contribution >= 0.6 is 0 Å². The van der Waals surface area contributed by atoms with Gasteiger partial charge in [-0.1, -0.05) is 5.10 Å². The highest BCUT2D eigenvalue weighted by atomic mass is 15.3. The summed E-state index contributed by atoms with van der Waals surface area (Å²) in [5.74, 6) is 0. The molecule has 0 aliphatic rings. The fraction of sp³-hybridized carbons (Fsp3) is 0.350. The molecule has 0 spiro atoms. The van der Waals surface area contributed by atoms with Crippen molar-refractivity contribution in [2.75, 3.05) is 0 Å². The maximum absolute atomic E-state index is 4.46.